The first-order valence-electron chi connectivity index (χ1n) is 7.40. The molecule has 0 aromatic carbocycles. The smallest absolute Gasteiger partial charge is 0.356 e. The highest BCUT2D eigenvalue weighted by Gasteiger charge is 2.41. The molecular weight excluding hydrogens is 279 g/mol. The molecule has 2 atom stereocenters. The van der Waals surface area contributed by atoms with E-state index in [2.05, 4.69) is 17.2 Å². The van der Waals surface area contributed by atoms with E-state index in [4.69, 9.17) is 0 Å². The van der Waals surface area contributed by atoms with Crippen molar-refractivity contribution in [3.63, 3.8) is 0 Å². The second-order valence-electron chi connectivity index (χ2n) is 6.38. The minimum Gasteiger partial charge on any atom is -0.356 e. The van der Waals surface area contributed by atoms with Crippen LogP contribution in [0.4, 0.5) is 19.0 Å². The van der Waals surface area contributed by atoms with Crippen molar-refractivity contribution in [3.05, 3.63) is 23.9 Å². The van der Waals surface area contributed by atoms with Crippen LogP contribution in [0.5, 0.6) is 0 Å². The molecule has 116 valence electrons. The molecular formula is C15H20F3N3. The number of hydrogen-bond donors (Lipinski definition) is 1. The molecule has 1 aromatic rings. The van der Waals surface area contributed by atoms with Gasteiger partial charge in [0.2, 0.25) is 0 Å². The van der Waals surface area contributed by atoms with Crippen molar-refractivity contribution in [2.75, 3.05) is 24.5 Å². The van der Waals surface area contributed by atoms with Crippen LogP contribution in [0, 0.1) is 5.41 Å². The first-order chi connectivity index (χ1) is 9.88. The second-order valence-corrected chi connectivity index (χ2v) is 6.38. The number of rotatable bonds is 1. The summed E-state index contributed by atoms with van der Waals surface area (Å²) < 4.78 is 38.4. The number of anilines is 1. The monoisotopic (exact) mass is 299 g/mol. The van der Waals surface area contributed by atoms with Gasteiger partial charge in [-0.05, 0) is 50.3 Å². The van der Waals surface area contributed by atoms with Gasteiger partial charge in [-0.25, -0.2) is 4.98 Å². The average Bonchev–Trinajstić information content (AvgIpc) is 2.81. The minimum absolute atomic E-state index is 0.237. The summed E-state index contributed by atoms with van der Waals surface area (Å²) in [5, 5.41) is 3.43. The standard InChI is InChI=1S/C15H20F3N3/c1-11-9-14(3-6-19-11)4-7-21(10-14)13-8-12(2-5-20-13)15(16,17)18/h2,5,8,11,19H,3-4,6-7,9-10H2,1H3. The molecule has 0 aliphatic carbocycles. The van der Waals surface area contributed by atoms with Gasteiger partial charge in [0.05, 0.1) is 5.56 Å². The van der Waals surface area contributed by atoms with E-state index in [0.717, 1.165) is 45.0 Å². The van der Waals surface area contributed by atoms with E-state index >= 15 is 0 Å². The molecule has 21 heavy (non-hydrogen) atoms. The maximum Gasteiger partial charge on any atom is 0.416 e. The fourth-order valence-corrected chi connectivity index (χ4v) is 3.68. The maximum absolute atomic E-state index is 12.8. The summed E-state index contributed by atoms with van der Waals surface area (Å²) in [5.41, 5.74) is -0.382. The topological polar surface area (TPSA) is 28.2 Å². The molecule has 0 saturated carbocycles. The number of alkyl halides is 3. The van der Waals surface area contributed by atoms with Crippen molar-refractivity contribution in [3.8, 4) is 0 Å². The summed E-state index contributed by atoms with van der Waals surface area (Å²) in [7, 11) is 0. The van der Waals surface area contributed by atoms with Crippen molar-refractivity contribution in [1.29, 1.82) is 0 Å². The molecule has 6 heteroatoms. The molecule has 0 amide bonds. The Balaban J connectivity index is 1.77. The Bertz CT molecular complexity index is 517. The van der Waals surface area contributed by atoms with Gasteiger partial charge in [0.1, 0.15) is 5.82 Å². The zero-order valence-corrected chi connectivity index (χ0v) is 12.1. The molecule has 2 saturated heterocycles. The van der Waals surface area contributed by atoms with Gasteiger partial charge in [-0.2, -0.15) is 13.2 Å². The number of pyridine rings is 1. The van der Waals surface area contributed by atoms with Crippen LogP contribution in [0.15, 0.2) is 18.3 Å². The summed E-state index contributed by atoms with van der Waals surface area (Å²) in [4.78, 5) is 6.15. The zero-order chi connectivity index (χ0) is 15.1. The van der Waals surface area contributed by atoms with Crippen LogP contribution in [0.3, 0.4) is 0 Å². The summed E-state index contributed by atoms with van der Waals surface area (Å²) >= 11 is 0. The first-order valence-corrected chi connectivity index (χ1v) is 7.40. The van der Waals surface area contributed by atoms with Gasteiger partial charge >= 0.3 is 6.18 Å². The summed E-state index contributed by atoms with van der Waals surface area (Å²) in [6.07, 6.45) is 0.165. The fourth-order valence-electron chi connectivity index (χ4n) is 3.68. The Kier molecular flexibility index (Phi) is 3.59. The molecule has 2 aliphatic rings. The Labute approximate surface area is 122 Å². The van der Waals surface area contributed by atoms with Crippen LogP contribution in [-0.4, -0.2) is 30.7 Å². The van der Waals surface area contributed by atoms with E-state index in [1.807, 2.05) is 4.90 Å². The van der Waals surface area contributed by atoms with Crippen LogP contribution in [0.2, 0.25) is 0 Å². The van der Waals surface area contributed by atoms with E-state index in [-0.39, 0.29) is 5.41 Å². The molecule has 2 unspecified atom stereocenters. The number of nitrogens with one attached hydrogen (secondary N) is 1. The maximum atomic E-state index is 12.8. The third-order valence-corrected chi connectivity index (χ3v) is 4.72. The van der Waals surface area contributed by atoms with Gasteiger partial charge in [-0.15, -0.1) is 0 Å². The molecule has 1 spiro atoms. The van der Waals surface area contributed by atoms with Gasteiger partial charge in [0.25, 0.3) is 0 Å². The van der Waals surface area contributed by atoms with Crippen LogP contribution in [0.25, 0.3) is 0 Å². The quantitative estimate of drug-likeness (QED) is 0.864. The van der Waals surface area contributed by atoms with Crippen LogP contribution < -0.4 is 10.2 Å². The summed E-state index contributed by atoms with van der Waals surface area (Å²) in [6, 6.07) is 2.68. The van der Waals surface area contributed by atoms with Gasteiger partial charge in [-0.1, -0.05) is 0 Å². The molecule has 3 heterocycles. The Hall–Kier alpha value is -1.30. The molecule has 3 rings (SSSR count). The number of piperidine rings is 1. The fraction of sp³-hybridized carbons (Fsp3) is 0.667. The average molecular weight is 299 g/mol. The second kappa shape index (κ2) is 5.16. The van der Waals surface area contributed by atoms with Crippen LogP contribution in [0.1, 0.15) is 31.7 Å². The van der Waals surface area contributed by atoms with Gasteiger partial charge in [-0.3, -0.25) is 0 Å². The van der Waals surface area contributed by atoms with Crippen molar-refractivity contribution < 1.29 is 13.2 Å². The molecule has 2 fully saturated rings. The van der Waals surface area contributed by atoms with Crippen LogP contribution >= 0.6 is 0 Å². The summed E-state index contributed by atoms with van der Waals surface area (Å²) in [6.45, 7) is 4.77. The number of aromatic nitrogens is 1. The zero-order valence-electron chi connectivity index (χ0n) is 12.1. The molecule has 2 aliphatic heterocycles. The van der Waals surface area contributed by atoms with Gasteiger partial charge < -0.3 is 10.2 Å². The normalized spacial score (nSPS) is 30.1. The van der Waals surface area contributed by atoms with E-state index in [0.29, 0.717) is 11.9 Å². The van der Waals surface area contributed by atoms with E-state index < -0.39 is 11.7 Å². The summed E-state index contributed by atoms with van der Waals surface area (Å²) in [5.74, 6) is 0.452. The van der Waals surface area contributed by atoms with Crippen molar-refractivity contribution in [1.82, 2.24) is 10.3 Å². The molecule has 0 radical (unpaired) electrons. The lowest BCUT2D eigenvalue weighted by molar-refractivity contribution is -0.137. The predicted molar refractivity (Wildman–Crippen MR) is 75.2 cm³/mol. The Morgan fingerprint density at radius 1 is 1.38 bits per heavy atom. The molecule has 1 N–H and O–H groups in total. The van der Waals surface area contributed by atoms with Crippen molar-refractivity contribution in [2.45, 2.75) is 38.4 Å². The lowest BCUT2D eigenvalue weighted by Crippen LogP contribution is -2.43. The highest BCUT2D eigenvalue weighted by Crippen LogP contribution is 2.42. The number of nitrogens with zero attached hydrogens (tertiary/aromatic N) is 2. The van der Waals surface area contributed by atoms with E-state index in [1.165, 1.54) is 12.3 Å². The highest BCUT2D eigenvalue weighted by molar-refractivity contribution is 5.43. The van der Waals surface area contributed by atoms with E-state index in [9.17, 15) is 13.2 Å². The largest absolute Gasteiger partial charge is 0.416 e. The van der Waals surface area contributed by atoms with E-state index in [1.54, 1.807) is 0 Å². The highest BCUT2D eigenvalue weighted by atomic mass is 19.4. The SMILES string of the molecule is CC1CC2(CCN1)CCN(c1cc(C(F)(F)F)ccn1)C2. The van der Waals surface area contributed by atoms with Crippen molar-refractivity contribution in [2.24, 2.45) is 5.41 Å². The molecule has 1 aromatic heterocycles. The van der Waals surface area contributed by atoms with Gasteiger partial charge in [0.15, 0.2) is 0 Å². The molecule has 0 bridgehead atoms. The third kappa shape index (κ3) is 3.00. The van der Waals surface area contributed by atoms with Gasteiger partial charge in [0, 0.05) is 25.3 Å². The minimum atomic E-state index is -4.31. The number of hydrogen-bond acceptors (Lipinski definition) is 3. The third-order valence-electron chi connectivity index (χ3n) is 4.72. The Morgan fingerprint density at radius 3 is 2.90 bits per heavy atom. The Morgan fingerprint density at radius 2 is 2.19 bits per heavy atom. The number of halogens is 3. The predicted octanol–water partition coefficient (Wildman–Crippen LogP) is 3.07. The van der Waals surface area contributed by atoms with Crippen LogP contribution in [-0.2, 0) is 6.18 Å². The first kappa shape index (κ1) is 14.6. The molecule has 3 nitrogen and oxygen atoms in total. The lowest BCUT2D eigenvalue weighted by atomic mass is 9.76. The lowest BCUT2D eigenvalue weighted by Gasteiger charge is -2.37. The van der Waals surface area contributed by atoms with Crippen molar-refractivity contribution >= 4 is 5.82 Å².